The minimum atomic E-state index is -0.230. The number of thiazole rings is 1. The summed E-state index contributed by atoms with van der Waals surface area (Å²) in [7, 11) is 2.06. The zero-order valence-electron chi connectivity index (χ0n) is 16.8. The van der Waals surface area contributed by atoms with E-state index in [1.807, 2.05) is 12.4 Å². The van der Waals surface area contributed by atoms with Gasteiger partial charge in [0, 0.05) is 18.4 Å². The highest BCUT2D eigenvalue weighted by molar-refractivity contribution is 7.18. The molecular formula is C22H27Cl2FN4S. The lowest BCUT2D eigenvalue weighted by Gasteiger charge is -2.28. The first-order valence-electron chi connectivity index (χ1n) is 9.80. The van der Waals surface area contributed by atoms with Crippen LogP contribution in [0.1, 0.15) is 31.2 Å². The minimum absolute atomic E-state index is 0. The Balaban J connectivity index is 0.00000160. The first kappa shape index (κ1) is 24.5. The molecule has 0 radical (unpaired) electrons. The second-order valence-electron chi connectivity index (χ2n) is 7.42. The van der Waals surface area contributed by atoms with E-state index < -0.39 is 0 Å². The molecule has 2 aromatic heterocycles. The number of halogens is 3. The molecule has 0 atom stereocenters. The zero-order valence-corrected chi connectivity index (χ0v) is 19.3. The minimum Gasteiger partial charge on any atom is -0.317 e. The van der Waals surface area contributed by atoms with Crippen molar-refractivity contribution in [1.82, 2.24) is 15.3 Å². The van der Waals surface area contributed by atoms with Crippen LogP contribution in [-0.2, 0) is 6.42 Å². The number of aromatic nitrogens is 2. The fourth-order valence-corrected chi connectivity index (χ4v) is 4.68. The maximum Gasteiger partial charge on any atom is 0.188 e. The molecule has 0 amide bonds. The van der Waals surface area contributed by atoms with Crippen LogP contribution in [-0.4, -0.2) is 23.1 Å². The van der Waals surface area contributed by atoms with Crippen molar-refractivity contribution in [2.75, 3.05) is 12.4 Å². The molecule has 2 N–H and O–H groups in total. The third-order valence-corrected chi connectivity index (χ3v) is 6.44. The van der Waals surface area contributed by atoms with Crippen LogP contribution in [0.2, 0.25) is 0 Å². The summed E-state index contributed by atoms with van der Waals surface area (Å²) in [5.41, 5.74) is 2.28. The molecule has 1 aliphatic carbocycles. The summed E-state index contributed by atoms with van der Waals surface area (Å²) >= 11 is 1.54. The monoisotopic (exact) mass is 468 g/mol. The van der Waals surface area contributed by atoms with Crippen molar-refractivity contribution in [1.29, 1.82) is 0 Å². The normalized spacial score (nSPS) is 18.2. The predicted molar refractivity (Wildman–Crippen MR) is 128 cm³/mol. The molecule has 162 valence electrons. The number of nitrogens with one attached hydrogen (secondary N) is 2. The van der Waals surface area contributed by atoms with E-state index in [2.05, 4.69) is 39.8 Å². The smallest absolute Gasteiger partial charge is 0.188 e. The van der Waals surface area contributed by atoms with Gasteiger partial charge in [0.15, 0.2) is 5.13 Å². The summed E-state index contributed by atoms with van der Waals surface area (Å²) in [6.07, 6.45) is 9.88. The molecule has 0 saturated heterocycles. The Hall–Kier alpha value is -1.73. The number of nitrogens with zero attached hydrogens (tertiary/aromatic N) is 2. The SMILES string of the molecule is CNC1CCC(Cc2ccnc(Nc3ncc(-c4ccc(F)cc4)s3)c2)CC1.Cl.Cl. The van der Waals surface area contributed by atoms with Gasteiger partial charge in [0.1, 0.15) is 11.6 Å². The third-order valence-electron chi connectivity index (χ3n) is 5.47. The van der Waals surface area contributed by atoms with E-state index in [0.717, 1.165) is 33.7 Å². The van der Waals surface area contributed by atoms with Crippen molar-refractivity contribution >= 4 is 47.1 Å². The van der Waals surface area contributed by atoms with Crippen LogP contribution in [0.25, 0.3) is 10.4 Å². The predicted octanol–water partition coefficient (Wildman–Crippen LogP) is 6.25. The van der Waals surface area contributed by atoms with E-state index in [-0.39, 0.29) is 30.6 Å². The molecule has 0 aliphatic heterocycles. The van der Waals surface area contributed by atoms with E-state index in [1.54, 1.807) is 12.1 Å². The summed E-state index contributed by atoms with van der Waals surface area (Å²) < 4.78 is 13.1. The van der Waals surface area contributed by atoms with Gasteiger partial charge in [0.25, 0.3) is 0 Å². The summed E-state index contributed by atoms with van der Waals surface area (Å²) in [6, 6.07) is 11.4. The van der Waals surface area contributed by atoms with Crippen LogP contribution in [0.15, 0.2) is 48.8 Å². The van der Waals surface area contributed by atoms with Crippen LogP contribution in [0.5, 0.6) is 0 Å². The number of hydrogen-bond acceptors (Lipinski definition) is 5. The Labute approximate surface area is 193 Å². The molecular weight excluding hydrogens is 442 g/mol. The van der Waals surface area contributed by atoms with Gasteiger partial charge in [-0.05, 0) is 80.5 Å². The van der Waals surface area contributed by atoms with Crippen molar-refractivity contribution in [3.05, 3.63) is 60.2 Å². The lowest BCUT2D eigenvalue weighted by atomic mass is 9.82. The molecule has 1 aromatic carbocycles. The summed E-state index contributed by atoms with van der Waals surface area (Å²) in [5, 5.41) is 7.50. The van der Waals surface area contributed by atoms with Crippen LogP contribution in [0.4, 0.5) is 15.3 Å². The standard InChI is InChI=1S/C22H25FN4S.2ClH/c1-24-19-8-2-15(3-9-19)12-16-10-11-25-21(13-16)27-22-26-14-20(28-22)17-4-6-18(23)7-5-17;;/h4-7,10-11,13-15,19,24H,2-3,8-9,12H2,1H3,(H,25,26,27);2*1H. The second kappa shape index (κ2) is 11.6. The van der Waals surface area contributed by atoms with Crippen LogP contribution < -0.4 is 10.6 Å². The molecule has 30 heavy (non-hydrogen) atoms. The molecule has 0 bridgehead atoms. The van der Waals surface area contributed by atoms with E-state index in [0.29, 0.717) is 6.04 Å². The van der Waals surface area contributed by atoms with Gasteiger partial charge in [-0.3, -0.25) is 0 Å². The molecule has 8 heteroatoms. The zero-order chi connectivity index (χ0) is 19.3. The van der Waals surface area contributed by atoms with E-state index in [4.69, 9.17) is 0 Å². The van der Waals surface area contributed by atoms with Crippen molar-refractivity contribution in [3.8, 4) is 10.4 Å². The van der Waals surface area contributed by atoms with E-state index >= 15 is 0 Å². The fraction of sp³-hybridized carbons (Fsp3) is 0.364. The van der Waals surface area contributed by atoms with Gasteiger partial charge in [-0.15, -0.1) is 24.8 Å². The fourth-order valence-electron chi connectivity index (χ4n) is 3.85. The number of benzene rings is 1. The highest BCUT2D eigenvalue weighted by atomic mass is 35.5. The van der Waals surface area contributed by atoms with E-state index in [1.165, 1.54) is 54.7 Å². The Bertz CT molecular complexity index is 912. The van der Waals surface area contributed by atoms with Gasteiger partial charge in [-0.2, -0.15) is 0 Å². The van der Waals surface area contributed by atoms with Gasteiger partial charge < -0.3 is 10.6 Å². The molecule has 2 heterocycles. The highest BCUT2D eigenvalue weighted by Gasteiger charge is 2.20. The molecule has 1 aliphatic rings. The molecule has 0 spiro atoms. The van der Waals surface area contributed by atoms with Crippen LogP contribution in [0.3, 0.4) is 0 Å². The number of pyridine rings is 1. The average Bonchev–Trinajstić information content (AvgIpc) is 3.18. The van der Waals surface area contributed by atoms with Crippen molar-refractivity contribution in [3.63, 3.8) is 0 Å². The molecule has 3 aromatic rings. The maximum absolute atomic E-state index is 13.1. The summed E-state index contributed by atoms with van der Waals surface area (Å²) in [4.78, 5) is 9.88. The Morgan fingerprint density at radius 2 is 1.77 bits per heavy atom. The number of anilines is 2. The molecule has 4 rings (SSSR count). The van der Waals surface area contributed by atoms with Crippen molar-refractivity contribution in [2.24, 2.45) is 5.92 Å². The van der Waals surface area contributed by atoms with Gasteiger partial charge in [-0.1, -0.05) is 23.5 Å². The van der Waals surface area contributed by atoms with Gasteiger partial charge in [0.05, 0.1) is 4.88 Å². The van der Waals surface area contributed by atoms with Crippen molar-refractivity contribution in [2.45, 2.75) is 38.1 Å². The first-order valence-corrected chi connectivity index (χ1v) is 10.6. The Morgan fingerprint density at radius 1 is 1.03 bits per heavy atom. The summed E-state index contributed by atoms with van der Waals surface area (Å²) in [6.45, 7) is 0. The molecule has 0 unspecified atom stereocenters. The second-order valence-corrected chi connectivity index (χ2v) is 8.45. The topological polar surface area (TPSA) is 49.8 Å². The highest BCUT2D eigenvalue weighted by Crippen LogP contribution is 2.31. The molecule has 4 nitrogen and oxygen atoms in total. The molecule has 1 fully saturated rings. The number of hydrogen-bond donors (Lipinski definition) is 2. The third kappa shape index (κ3) is 6.38. The van der Waals surface area contributed by atoms with Crippen LogP contribution >= 0.6 is 36.2 Å². The maximum atomic E-state index is 13.1. The molecule has 1 saturated carbocycles. The van der Waals surface area contributed by atoms with Gasteiger partial charge >= 0.3 is 0 Å². The van der Waals surface area contributed by atoms with Gasteiger partial charge in [-0.25, -0.2) is 14.4 Å². The lowest BCUT2D eigenvalue weighted by molar-refractivity contribution is 0.300. The van der Waals surface area contributed by atoms with Crippen molar-refractivity contribution < 1.29 is 4.39 Å². The average molecular weight is 469 g/mol. The quantitative estimate of drug-likeness (QED) is 0.448. The summed E-state index contributed by atoms with van der Waals surface area (Å²) in [5.74, 6) is 1.35. The van der Waals surface area contributed by atoms with E-state index in [9.17, 15) is 4.39 Å². The lowest BCUT2D eigenvalue weighted by Crippen LogP contribution is -2.30. The number of rotatable bonds is 6. The van der Waals surface area contributed by atoms with Crippen LogP contribution in [0, 0.1) is 11.7 Å². The van der Waals surface area contributed by atoms with Gasteiger partial charge in [0.2, 0.25) is 0 Å². The Morgan fingerprint density at radius 3 is 2.47 bits per heavy atom. The first-order chi connectivity index (χ1) is 13.7. The largest absolute Gasteiger partial charge is 0.317 e. The Kier molecular flexibility index (Phi) is 9.49.